The summed E-state index contributed by atoms with van der Waals surface area (Å²) in [6.45, 7) is 4.91. The monoisotopic (exact) mass is 411 g/mol. The van der Waals surface area contributed by atoms with Gasteiger partial charge in [-0.1, -0.05) is 13.8 Å². The molecule has 0 atom stereocenters. The standard InChI is InChI=1S/C20H25N7OS/c1-4-8-26(3)18-7-6-12(11-23-18)27-19(24-25-20(27)29)14-9-13(15(21)5-2)16(22)10-17(14)28/h6-7,9-11,21,28H,4-5,8,22H2,1-3H3,(H,25,29). The van der Waals surface area contributed by atoms with E-state index in [0.29, 0.717) is 45.6 Å². The van der Waals surface area contributed by atoms with Crippen LogP contribution in [0, 0.1) is 5.41 Å². The number of aromatic hydroxyl groups is 1. The van der Waals surface area contributed by atoms with Crippen LogP contribution in [0.5, 0.6) is 5.75 Å². The summed E-state index contributed by atoms with van der Waals surface area (Å²) >= 11 is 4.42. The molecule has 0 aliphatic heterocycles. The number of thiol groups is 1. The number of anilines is 2. The summed E-state index contributed by atoms with van der Waals surface area (Å²) in [5, 5.41) is 27.2. The number of nitrogen functional groups attached to an aromatic ring is 1. The highest BCUT2D eigenvalue weighted by molar-refractivity contribution is 7.80. The van der Waals surface area contributed by atoms with E-state index in [1.807, 2.05) is 26.1 Å². The van der Waals surface area contributed by atoms with Crippen molar-refractivity contribution < 1.29 is 5.11 Å². The van der Waals surface area contributed by atoms with Crippen molar-refractivity contribution in [3.8, 4) is 22.8 Å². The first-order chi connectivity index (χ1) is 13.9. The minimum absolute atomic E-state index is 0.0376. The first-order valence-corrected chi connectivity index (χ1v) is 9.84. The molecule has 0 fully saturated rings. The Balaban J connectivity index is 2.08. The third-order valence-corrected chi connectivity index (χ3v) is 4.96. The van der Waals surface area contributed by atoms with Crippen molar-refractivity contribution in [3.05, 3.63) is 36.0 Å². The molecule has 4 N–H and O–H groups in total. The van der Waals surface area contributed by atoms with Gasteiger partial charge in [0.15, 0.2) is 11.0 Å². The van der Waals surface area contributed by atoms with Gasteiger partial charge >= 0.3 is 0 Å². The van der Waals surface area contributed by atoms with Gasteiger partial charge in [0, 0.05) is 36.6 Å². The zero-order chi connectivity index (χ0) is 21.1. The van der Waals surface area contributed by atoms with E-state index in [-0.39, 0.29) is 5.75 Å². The van der Waals surface area contributed by atoms with Crippen molar-refractivity contribution in [2.45, 2.75) is 31.8 Å². The minimum atomic E-state index is -0.0376. The fraction of sp³-hybridized carbons (Fsp3) is 0.300. The maximum Gasteiger partial charge on any atom is 0.193 e. The average Bonchev–Trinajstić information content (AvgIpc) is 3.09. The van der Waals surface area contributed by atoms with E-state index in [1.54, 1.807) is 16.8 Å². The molecule has 8 nitrogen and oxygen atoms in total. The lowest BCUT2D eigenvalue weighted by atomic mass is 10.0. The summed E-state index contributed by atoms with van der Waals surface area (Å²) in [5.74, 6) is 1.22. The number of aromatic nitrogens is 4. The van der Waals surface area contributed by atoms with Gasteiger partial charge in [0.2, 0.25) is 0 Å². The molecule has 0 saturated carbocycles. The largest absolute Gasteiger partial charge is 0.507 e. The lowest BCUT2D eigenvalue weighted by Crippen LogP contribution is -2.18. The number of nitrogens with one attached hydrogen (secondary N) is 1. The quantitative estimate of drug-likeness (QED) is 0.268. The van der Waals surface area contributed by atoms with Crippen LogP contribution in [0.15, 0.2) is 35.6 Å². The number of nitrogens with two attached hydrogens (primary N) is 1. The molecule has 0 aliphatic rings. The Morgan fingerprint density at radius 2 is 2.03 bits per heavy atom. The van der Waals surface area contributed by atoms with Gasteiger partial charge in [0.25, 0.3) is 0 Å². The summed E-state index contributed by atoms with van der Waals surface area (Å²) in [5.41, 5.74) is 8.42. The molecular weight excluding hydrogens is 386 g/mol. The van der Waals surface area contributed by atoms with Crippen LogP contribution in [0.1, 0.15) is 32.3 Å². The van der Waals surface area contributed by atoms with Crippen LogP contribution in [0.2, 0.25) is 0 Å². The molecule has 0 amide bonds. The van der Waals surface area contributed by atoms with E-state index < -0.39 is 0 Å². The Labute approximate surface area is 175 Å². The number of phenolic OH excluding ortho intramolecular Hbond substituents is 1. The zero-order valence-corrected chi connectivity index (χ0v) is 17.6. The number of nitrogens with zero attached hydrogens (tertiary/aromatic N) is 5. The predicted octanol–water partition coefficient (Wildman–Crippen LogP) is 3.53. The molecule has 0 aliphatic carbocycles. The predicted molar refractivity (Wildman–Crippen MR) is 119 cm³/mol. The summed E-state index contributed by atoms with van der Waals surface area (Å²) in [4.78, 5) is 6.60. The first kappa shape index (κ1) is 20.7. The van der Waals surface area contributed by atoms with Gasteiger partial charge in [-0.2, -0.15) is 0 Å². The second-order valence-corrected chi connectivity index (χ2v) is 7.14. The third-order valence-electron chi connectivity index (χ3n) is 4.67. The highest BCUT2D eigenvalue weighted by Gasteiger charge is 2.20. The lowest BCUT2D eigenvalue weighted by Gasteiger charge is -2.17. The van der Waals surface area contributed by atoms with Crippen molar-refractivity contribution in [2.24, 2.45) is 0 Å². The van der Waals surface area contributed by atoms with E-state index in [4.69, 9.17) is 11.1 Å². The molecule has 29 heavy (non-hydrogen) atoms. The highest BCUT2D eigenvalue weighted by atomic mass is 32.1. The second-order valence-electron chi connectivity index (χ2n) is 6.74. The summed E-state index contributed by atoms with van der Waals surface area (Å²) in [6, 6.07) is 6.93. The molecule has 2 aromatic heterocycles. The van der Waals surface area contributed by atoms with Crippen LogP contribution in [-0.2, 0) is 0 Å². The molecule has 152 valence electrons. The maximum atomic E-state index is 10.5. The number of hydrogen-bond donors (Lipinski definition) is 4. The Morgan fingerprint density at radius 1 is 1.28 bits per heavy atom. The molecule has 3 rings (SSSR count). The fourth-order valence-corrected chi connectivity index (χ4v) is 3.36. The van der Waals surface area contributed by atoms with Gasteiger partial charge in [-0.05, 0) is 31.0 Å². The Bertz CT molecular complexity index is 1030. The van der Waals surface area contributed by atoms with Crippen LogP contribution in [-0.4, -0.2) is 44.2 Å². The molecule has 2 heterocycles. The van der Waals surface area contributed by atoms with E-state index in [0.717, 1.165) is 18.8 Å². The van der Waals surface area contributed by atoms with Gasteiger partial charge in [0.05, 0.1) is 17.4 Å². The van der Waals surface area contributed by atoms with Crippen molar-refractivity contribution in [2.75, 3.05) is 24.2 Å². The second kappa shape index (κ2) is 8.52. The lowest BCUT2D eigenvalue weighted by molar-refractivity contribution is 0.477. The summed E-state index contributed by atoms with van der Waals surface area (Å²) < 4.78 is 1.70. The van der Waals surface area contributed by atoms with E-state index in [2.05, 4.69) is 39.6 Å². The average molecular weight is 412 g/mol. The van der Waals surface area contributed by atoms with Crippen LogP contribution in [0.3, 0.4) is 0 Å². The maximum absolute atomic E-state index is 10.5. The fourth-order valence-electron chi connectivity index (χ4n) is 3.11. The number of pyridine rings is 1. The Kier molecular flexibility index (Phi) is 6.07. The van der Waals surface area contributed by atoms with Gasteiger partial charge in [-0.15, -0.1) is 22.8 Å². The molecule has 0 unspecified atom stereocenters. The third kappa shape index (κ3) is 4.04. The molecule has 0 saturated heterocycles. The smallest absolute Gasteiger partial charge is 0.193 e. The minimum Gasteiger partial charge on any atom is -0.507 e. The summed E-state index contributed by atoms with van der Waals surface area (Å²) in [7, 11) is 2.00. The van der Waals surface area contributed by atoms with E-state index in [9.17, 15) is 5.11 Å². The topological polar surface area (TPSA) is 117 Å². The molecule has 0 spiro atoms. The van der Waals surface area contributed by atoms with Crippen LogP contribution in [0.4, 0.5) is 11.5 Å². The van der Waals surface area contributed by atoms with E-state index in [1.165, 1.54) is 6.07 Å². The van der Waals surface area contributed by atoms with Gasteiger partial charge < -0.3 is 21.1 Å². The number of benzene rings is 1. The molecule has 3 aromatic rings. The van der Waals surface area contributed by atoms with Gasteiger partial charge in [-0.3, -0.25) is 4.57 Å². The first-order valence-electron chi connectivity index (χ1n) is 9.39. The van der Waals surface area contributed by atoms with Gasteiger partial charge in [-0.25, -0.2) is 4.98 Å². The van der Waals surface area contributed by atoms with Crippen molar-refractivity contribution in [1.82, 2.24) is 19.7 Å². The van der Waals surface area contributed by atoms with Crippen molar-refractivity contribution in [1.29, 1.82) is 5.41 Å². The van der Waals surface area contributed by atoms with Crippen LogP contribution in [0.25, 0.3) is 17.1 Å². The SMILES string of the molecule is CCCN(C)c1ccc(-n2c(S)nnc2-c2cc(C(=N)CC)c(N)cc2O)cn1. The number of hydrogen-bond acceptors (Lipinski definition) is 8. The van der Waals surface area contributed by atoms with Crippen molar-refractivity contribution in [3.63, 3.8) is 0 Å². The normalized spacial score (nSPS) is 10.9. The highest BCUT2D eigenvalue weighted by Crippen LogP contribution is 2.35. The Hall–Kier alpha value is -3.07. The molecule has 0 radical (unpaired) electrons. The van der Waals surface area contributed by atoms with Crippen LogP contribution >= 0.6 is 12.6 Å². The van der Waals surface area contributed by atoms with E-state index >= 15 is 0 Å². The Morgan fingerprint density at radius 3 is 2.66 bits per heavy atom. The summed E-state index contributed by atoms with van der Waals surface area (Å²) in [6.07, 6.45) is 3.27. The number of rotatable bonds is 7. The molecule has 9 heteroatoms. The molecule has 0 bridgehead atoms. The molecular formula is C20H25N7OS. The van der Waals surface area contributed by atoms with Crippen molar-refractivity contribution >= 4 is 29.8 Å². The van der Waals surface area contributed by atoms with Crippen LogP contribution < -0.4 is 10.6 Å². The zero-order valence-electron chi connectivity index (χ0n) is 16.7. The number of phenols is 1. The molecule has 1 aromatic carbocycles. The van der Waals surface area contributed by atoms with Gasteiger partial charge in [0.1, 0.15) is 11.6 Å².